The lowest BCUT2D eigenvalue weighted by molar-refractivity contribution is 0.775. The third-order valence-electron chi connectivity index (χ3n) is 5.69. The fourth-order valence-corrected chi connectivity index (χ4v) is 12.3. The van der Waals surface area contributed by atoms with E-state index in [0.717, 1.165) is 0 Å². The highest BCUT2D eigenvalue weighted by Gasteiger charge is 2.52. The molecule has 0 spiro atoms. The molecule has 3 aromatic rings. The van der Waals surface area contributed by atoms with Crippen molar-refractivity contribution in [2.75, 3.05) is 0 Å². The zero-order chi connectivity index (χ0) is 18.0. The first-order chi connectivity index (χ1) is 11.8. The minimum atomic E-state index is -1.86. The summed E-state index contributed by atoms with van der Waals surface area (Å²) in [6.45, 7) is 9.61. The Morgan fingerprint density at radius 2 is 1.62 bits per heavy atom. The van der Waals surface area contributed by atoms with E-state index in [1.807, 2.05) is 0 Å². The van der Waals surface area contributed by atoms with Crippen molar-refractivity contribution in [3.8, 4) is 0 Å². The van der Waals surface area contributed by atoms with Gasteiger partial charge < -0.3 is 4.57 Å². The molecule has 1 nitrogen and oxygen atoms in total. The van der Waals surface area contributed by atoms with Crippen LogP contribution in [-0.4, -0.2) is 21.4 Å². The lowest BCUT2D eigenvalue weighted by Crippen LogP contribution is -2.44. The molecule has 1 aromatic heterocycles. The molecule has 1 radical (unpaired) electrons. The van der Waals surface area contributed by atoms with Crippen LogP contribution in [-0.2, 0) is 7.05 Å². The molecule has 2 aromatic carbocycles. The molecule has 0 saturated heterocycles. The lowest BCUT2D eigenvalue weighted by Gasteiger charge is -2.33. The Labute approximate surface area is 149 Å². The molecule has 0 saturated carbocycles. The van der Waals surface area contributed by atoms with E-state index in [9.17, 15) is 1.37 Å². The molecule has 1 aliphatic rings. The molecule has 3 heteroatoms. The standard InChI is InChI=1S/C21H26NSi2/c1-22-17-14-10-9-13-16(17)21-18(22)19(23(2)3)20(24(21,4)5)15-11-7-6-8-12-15/h6-14,19-20H,1-5H3/t19-,20+/m1/s1/i19D. The molecule has 0 fully saturated rings. The number of aryl methyl sites for hydroxylation is 1. The Balaban J connectivity index is 2.11. The quantitative estimate of drug-likeness (QED) is 0.585. The maximum Gasteiger partial charge on any atom is 0.0915 e. The molecular formula is C21H26NSi2. The topological polar surface area (TPSA) is 4.93 Å². The molecule has 0 amide bonds. The molecule has 2 atom stereocenters. The second-order valence-corrected chi connectivity index (χ2v) is 14.8. The van der Waals surface area contributed by atoms with Crippen LogP contribution in [0.25, 0.3) is 10.9 Å². The van der Waals surface area contributed by atoms with Gasteiger partial charge in [0.2, 0.25) is 0 Å². The Morgan fingerprint density at radius 1 is 1.00 bits per heavy atom. The highest BCUT2D eigenvalue weighted by atomic mass is 28.3. The first-order valence-electron chi connectivity index (χ1n) is 9.25. The zero-order valence-electron chi connectivity index (χ0n) is 16.2. The highest BCUT2D eigenvalue weighted by molar-refractivity contribution is 6.95. The van der Waals surface area contributed by atoms with Gasteiger partial charge in [0.05, 0.1) is 16.9 Å². The first kappa shape index (κ1) is 14.7. The van der Waals surface area contributed by atoms with Gasteiger partial charge in [-0.05, 0) is 33.3 Å². The fraction of sp³-hybridized carbons (Fsp3) is 0.333. The molecule has 0 unspecified atom stereocenters. The van der Waals surface area contributed by atoms with E-state index in [-0.39, 0.29) is 0 Å². The van der Waals surface area contributed by atoms with E-state index >= 15 is 0 Å². The molecule has 0 N–H and O–H groups in total. The van der Waals surface area contributed by atoms with Gasteiger partial charge in [-0.1, -0.05) is 74.7 Å². The number of para-hydroxylation sites is 1. The molecule has 123 valence electrons. The van der Waals surface area contributed by atoms with Crippen molar-refractivity contribution in [2.45, 2.75) is 37.2 Å². The first-order valence-corrected chi connectivity index (χ1v) is 14.3. The summed E-state index contributed by atoms with van der Waals surface area (Å²) in [5.74, 6) is 0. The van der Waals surface area contributed by atoms with Gasteiger partial charge in [0.15, 0.2) is 0 Å². The summed E-state index contributed by atoms with van der Waals surface area (Å²) in [7, 11) is -0.559. The molecule has 24 heavy (non-hydrogen) atoms. The van der Waals surface area contributed by atoms with Gasteiger partial charge in [0.25, 0.3) is 0 Å². The number of fused-ring (bicyclic) bond motifs is 3. The van der Waals surface area contributed by atoms with E-state index in [1.165, 1.54) is 27.3 Å². The lowest BCUT2D eigenvalue weighted by atomic mass is 10.1. The molecule has 4 rings (SSSR count). The van der Waals surface area contributed by atoms with E-state index in [2.05, 4.69) is 92.4 Å². The minimum Gasteiger partial charge on any atom is -0.348 e. The van der Waals surface area contributed by atoms with Crippen LogP contribution in [0.5, 0.6) is 0 Å². The number of hydrogen-bond acceptors (Lipinski definition) is 0. The van der Waals surface area contributed by atoms with E-state index in [4.69, 9.17) is 0 Å². The van der Waals surface area contributed by atoms with Crippen LogP contribution >= 0.6 is 0 Å². The summed E-state index contributed by atoms with van der Waals surface area (Å²) in [6, 6.07) is 19.6. The second kappa shape index (κ2) is 5.46. The smallest absolute Gasteiger partial charge is 0.0915 e. The van der Waals surface area contributed by atoms with Crippen LogP contribution in [0.3, 0.4) is 0 Å². The van der Waals surface area contributed by atoms with E-state index in [1.54, 1.807) is 0 Å². The SMILES string of the molecule is [2H][C@@]1([Si](C)C)c2c(c3ccccc3n2C)[Si](C)(C)[C@H]1c1ccccc1. The normalized spacial score (nSPS) is 25.9. The Kier molecular flexibility index (Phi) is 3.35. The number of nitrogens with zero attached hydrogens (tertiary/aromatic N) is 1. The molecular weight excluding hydrogens is 322 g/mol. The summed E-state index contributed by atoms with van der Waals surface area (Å²) >= 11 is 0. The van der Waals surface area contributed by atoms with Gasteiger partial charge in [-0.15, -0.1) is 0 Å². The predicted octanol–water partition coefficient (Wildman–Crippen LogP) is 4.81. The van der Waals surface area contributed by atoms with Crippen LogP contribution < -0.4 is 5.19 Å². The van der Waals surface area contributed by atoms with Gasteiger partial charge in [-0.3, -0.25) is 0 Å². The summed E-state index contributed by atoms with van der Waals surface area (Å²) < 4.78 is 12.1. The number of rotatable bonds is 2. The average Bonchev–Trinajstić information content (AvgIpc) is 2.99. The number of hydrogen-bond donors (Lipinski definition) is 0. The second-order valence-electron chi connectivity index (χ2n) is 7.78. The summed E-state index contributed by atoms with van der Waals surface area (Å²) in [6.07, 6.45) is 0. The largest absolute Gasteiger partial charge is 0.348 e. The van der Waals surface area contributed by atoms with Crippen molar-refractivity contribution in [1.29, 1.82) is 0 Å². The summed E-state index contributed by atoms with van der Waals surface area (Å²) in [5, 5.41) is 2.91. The number of aromatic nitrogens is 1. The van der Waals surface area contributed by atoms with Gasteiger partial charge in [-0.2, -0.15) is 0 Å². The van der Waals surface area contributed by atoms with Gasteiger partial charge in [0.1, 0.15) is 0 Å². The Hall–Kier alpha value is -1.59. The third-order valence-corrected chi connectivity index (χ3v) is 11.4. The minimum absolute atomic E-state index is 0.325. The Bertz CT molecular complexity index is 945. The van der Waals surface area contributed by atoms with Crippen LogP contribution in [0.15, 0.2) is 54.6 Å². The maximum atomic E-state index is 9.80. The van der Waals surface area contributed by atoms with Crippen LogP contribution in [0.4, 0.5) is 0 Å². The monoisotopic (exact) mass is 349 g/mol. The fourth-order valence-electron chi connectivity index (χ4n) is 4.76. The van der Waals surface area contributed by atoms with Crippen molar-refractivity contribution in [3.63, 3.8) is 0 Å². The highest BCUT2D eigenvalue weighted by Crippen LogP contribution is 2.48. The predicted molar refractivity (Wildman–Crippen MR) is 109 cm³/mol. The van der Waals surface area contributed by atoms with Gasteiger partial charge in [0, 0.05) is 19.6 Å². The van der Waals surface area contributed by atoms with Crippen molar-refractivity contribution < 1.29 is 1.37 Å². The maximum absolute atomic E-state index is 9.80. The molecule has 1 aliphatic heterocycles. The van der Waals surface area contributed by atoms with Gasteiger partial charge in [-0.25, -0.2) is 0 Å². The van der Waals surface area contributed by atoms with Crippen LogP contribution in [0.2, 0.25) is 26.2 Å². The average molecular weight is 350 g/mol. The van der Waals surface area contributed by atoms with E-state index in [0.29, 0.717) is 5.54 Å². The Morgan fingerprint density at radius 3 is 2.29 bits per heavy atom. The molecule has 0 aliphatic carbocycles. The summed E-state index contributed by atoms with van der Waals surface area (Å²) in [4.78, 5) is 0. The van der Waals surface area contributed by atoms with Gasteiger partial charge >= 0.3 is 0 Å². The van der Waals surface area contributed by atoms with Crippen molar-refractivity contribution in [1.82, 2.24) is 4.57 Å². The third kappa shape index (κ3) is 2.04. The number of benzene rings is 2. The van der Waals surface area contributed by atoms with E-state index < -0.39 is 22.4 Å². The summed E-state index contributed by atoms with van der Waals surface area (Å²) in [5.41, 5.74) is 3.80. The molecule has 0 bridgehead atoms. The van der Waals surface area contributed by atoms with Crippen molar-refractivity contribution >= 4 is 33.0 Å². The van der Waals surface area contributed by atoms with Crippen molar-refractivity contribution in [3.05, 3.63) is 65.9 Å². The zero-order valence-corrected chi connectivity index (χ0v) is 17.2. The van der Waals surface area contributed by atoms with Crippen LogP contribution in [0, 0.1) is 0 Å². The van der Waals surface area contributed by atoms with Crippen molar-refractivity contribution in [2.24, 2.45) is 7.05 Å². The van der Waals surface area contributed by atoms with Crippen LogP contribution in [0.1, 0.15) is 23.7 Å². The molecule has 2 heterocycles.